The van der Waals surface area contributed by atoms with Gasteiger partial charge < -0.3 is 15.4 Å². The van der Waals surface area contributed by atoms with Gasteiger partial charge in [0.05, 0.1) is 11.6 Å². The fourth-order valence-corrected chi connectivity index (χ4v) is 2.23. The molecule has 1 rings (SSSR count). The Labute approximate surface area is 125 Å². The van der Waals surface area contributed by atoms with Gasteiger partial charge in [-0.25, -0.2) is 0 Å². The molecule has 0 aliphatic carbocycles. The van der Waals surface area contributed by atoms with Crippen LogP contribution in [-0.4, -0.2) is 25.2 Å². The first kappa shape index (κ1) is 16.5. The zero-order valence-corrected chi connectivity index (χ0v) is 14.1. The van der Waals surface area contributed by atoms with Gasteiger partial charge >= 0.3 is 0 Å². The average molecular weight is 329 g/mol. The van der Waals surface area contributed by atoms with Crippen LogP contribution >= 0.6 is 15.9 Å². The van der Waals surface area contributed by atoms with Crippen LogP contribution in [0.25, 0.3) is 0 Å². The number of rotatable bonds is 6. The molecule has 19 heavy (non-hydrogen) atoms. The van der Waals surface area contributed by atoms with E-state index >= 15 is 0 Å². The summed E-state index contributed by atoms with van der Waals surface area (Å²) < 4.78 is 6.22. The van der Waals surface area contributed by atoms with Gasteiger partial charge in [0.1, 0.15) is 5.75 Å². The Kier molecular flexibility index (Phi) is 6.30. The van der Waals surface area contributed by atoms with Crippen LogP contribution < -0.4 is 15.4 Å². The Hall–Kier alpha value is -0.580. The van der Waals surface area contributed by atoms with E-state index in [1.165, 1.54) is 5.56 Å². The molecule has 0 saturated carbocycles. The molecule has 2 N–H and O–H groups in total. The minimum absolute atomic E-state index is 0.166. The number of ether oxygens (including phenoxy) is 1. The lowest BCUT2D eigenvalue weighted by atomic mass is 10.1. The third-order valence-electron chi connectivity index (χ3n) is 2.81. The van der Waals surface area contributed by atoms with Crippen molar-refractivity contribution in [3.8, 4) is 5.75 Å². The molecule has 0 aromatic heterocycles. The average Bonchev–Trinajstić information content (AvgIpc) is 2.33. The number of halogens is 1. The van der Waals surface area contributed by atoms with Gasteiger partial charge in [-0.2, -0.15) is 0 Å². The van der Waals surface area contributed by atoms with Crippen molar-refractivity contribution < 1.29 is 4.74 Å². The molecule has 0 aliphatic rings. The zero-order chi connectivity index (χ0) is 14.5. The summed E-state index contributed by atoms with van der Waals surface area (Å²) in [6.07, 6.45) is 0. The minimum atomic E-state index is 0.166. The standard InChI is InChI=1S/C15H25BrN2O/c1-11(9-18-15(2,3)4)17-10-12-6-7-14(19-5)13(16)8-12/h6-8,11,17-18H,9-10H2,1-5H3. The molecule has 0 fully saturated rings. The number of benzene rings is 1. The van der Waals surface area contributed by atoms with Gasteiger partial charge in [0.2, 0.25) is 0 Å². The van der Waals surface area contributed by atoms with Crippen molar-refractivity contribution in [2.24, 2.45) is 0 Å². The maximum atomic E-state index is 5.22. The smallest absolute Gasteiger partial charge is 0.133 e. The molecule has 0 bridgehead atoms. The normalized spacial score (nSPS) is 13.4. The van der Waals surface area contributed by atoms with E-state index < -0.39 is 0 Å². The van der Waals surface area contributed by atoms with Gasteiger partial charge in [0, 0.05) is 24.7 Å². The Morgan fingerprint density at radius 1 is 1.32 bits per heavy atom. The van der Waals surface area contributed by atoms with Crippen LogP contribution in [0.1, 0.15) is 33.3 Å². The molecule has 0 spiro atoms. The quantitative estimate of drug-likeness (QED) is 0.840. The van der Waals surface area contributed by atoms with Gasteiger partial charge in [-0.15, -0.1) is 0 Å². The van der Waals surface area contributed by atoms with Crippen molar-refractivity contribution in [1.82, 2.24) is 10.6 Å². The lowest BCUT2D eigenvalue weighted by Gasteiger charge is -2.24. The summed E-state index contributed by atoms with van der Waals surface area (Å²) in [7, 11) is 1.68. The number of methoxy groups -OCH3 is 1. The highest BCUT2D eigenvalue weighted by molar-refractivity contribution is 9.10. The molecule has 1 unspecified atom stereocenters. The van der Waals surface area contributed by atoms with Crippen molar-refractivity contribution in [2.75, 3.05) is 13.7 Å². The summed E-state index contributed by atoms with van der Waals surface area (Å²) >= 11 is 3.51. The van der Waals surface area contributed by atoms with Gasteiger partial charge in [-0.05, 0) is 61.3 Å². The van der Waals surface area contributed by atoms with Crippen LogP contribution in [0, 0.1) is 0 Å². The lowest BCUT2D eigenvalue weighted by molar-refractivity contribution is 0.387. The first-order valence-corrected chi connectivity index (χ1v) is 7.42. The van der Waals surface area contributed by atoms with E-state index in [0.29, 0.717) is 6.04 Å². The first-order chi connectivity index (χ1) is 8.81. The molecule has 0 aliphatic heterocycles. The second kappa shape index (κ2) is 7.27. The summed E-state index contributed by atoms with van der Waals surface area (Å²) in [6, 6.07) is 6.59. The predicted octanol–water partition coefficient (Wildman–Crippen LogP) is 3.32. The van der Waals surface area contributed by atoms with Gasteiger partial charge in [0.25, 0.3) is 0 Å². The first-order valence-electron chi connectivity index (χ1n) is 6.62. The molecule has 1 aromatic carbocycles. The second-order valence-electron chi connectivity index (χ2n) is 5.88. The fourth-order valence-electron chi connectivity index (χ4n) is 1.64. The van der Waals surface area contributed by atoms with Gasteiger partial charge in [-0.1, -0.05) is 6.07 Å². The molecule has 0 heterocycles. The SMILES string of the molecule is COc1ccc(CNC(C)CNC(C)(C)C)cc1Br. The molecule has 108 valence electrons. The van der Waals surface area contributed by atoms with Crippen LogP contribution in [0.4, 0.5) is 0 Å². The van der Waals surface area contributed by atoms with Crippen molar-refractivity contribution in [1.29, 1.82) is 0 Å². The Balaban J connectivity index is 2.42. The zero-order valence-electron chi connectivity index (χ0n) is 12.5. The number of nitrogens with one attached hydrogen (secondary N) is 2. The van der Waals surface area contributed by atoms with Crippen LogP contribution in [0.2, 0.25) is 0 Å². The molecule has 1 atom stereocenters. The Morgan fingerprint density at radius 3 is 2.53 bits per heavy atom. The van der Waals surface area contributed by atoms with Crippen molar-refractivity contribution in [3.05, 3.63) is 28.2 Å². The van der Waals surface area contributed by atoms with Crippen molar-refractivity contribution >= 4 is 15.9 Å². The maximum absolute atomic E-state index is 5.22. The van der Waals surface area contributed by atoms with Gasteiger partial charge in [-0.3, -0.25) is 0 Å². The van der Waals surface area contributed by atoms with E-state index in [0.717, 1.165) is 23.3 Å². The maximum Gasteiger partial charge on any atom is 0.133 e. The van der Waals surface area contributed by atoms with Crippen LogP contribution in [0.15, 0.2) is 22.7 Å². The van der Waals surface area contributed by atoms with E-state index in [4.69, 9.17) is 4.74 Å². The highest BCUT2D eigenvalue weighted by atomic mass is 79.9. The highest BCUT2D eigenvalue weighted by Crippen LogP contribution is 2.25. The number of hydrogen-bond donors (Lipinski definition) is 2. The lowest BCUT2D eigenvalue weighted by Crippen LogP contribution is -2.44. The van der Waals surface area contributed by atoms with E-state index in [2.05, 4.69) is 66.4 Å². The van der Waals surface area contributed by atoms with E-state index in [1.54, 1.807) is 7.11 Å². The third-order valence-corrected chi connectivity index (χ3v) is 3.43. The van der Waals surface area contributed by atoms with Crippen molar-refractivity contribution in [2.45, 2.75) is 45.8 Å². The minimum Gasteiger partial charge on any atom is -0.496 e. The highest BCUT2D eigenvalue weighted by Gasteiger charge is 2.10. The monoisotopic (exact) mass is 328 g/mol. The molecule has 0 saturated heterocycles. The molecule has 0 radical (unpaired) electrons. The fraction of sp³-hybridized carbons (Fsp3) is 0.600. The predicted molar refractivity (Wildman–Crippen MR) is 84.8 cm³/mol. The molecule has 3 nitrogen and oxygen atoms in total. The largest absolute Gasteiger partial charge is 0.496 e. The summed E-state index contributed by atoms with van der Waals surface area (Å²) in [5.41, 5.74) is 1.41. The van der Waals surface area contributed by atoms with Crippen LogP contribution in [-0.2, 0) is 6.54 Å². The Bertz CT molecular complexity index is 402. The summed E-state index contributed by atoms with van der Waals surface area (Å²) in [4.78, 5) is 0. The summed E-state index contributed by atoms with van der Waals surface area (Å²) in [6.45, 7) is 10.6. The van der Waals surface area contributed by atoms with Crippen LogP contribution in [0.5, 0.6) is 5.75 Å². The van der Waals surface area contributed by atoms with Crippen LogP contribution in [0.3, 0.4) is 0 Å². The molecular formula is C15H25BrN2O. The second-order valence-corrected chi connectivity index (χ2v) is 6.74. The van der Waals surface area contributed by atoms with Crippen molar-refractivity contribution in [3.63, 3.8) is 0 Å². The molecular weight excluding hydrogens is 304 g/mol. The number of hydrogen-bond acceptors (Lipinski definition) is 3. The summed E-state index contributed by atoms with van der Waals surface area (Å²) in [5, 5.41) is 7.01. The molecule has 1 aromatic rings. The molecule has 0 amide bonds. The third kappa shape index (κ3) is 6.41. The van der Waals surface area contributed by atoms with E-state index in [1.807, 2.05) is 6.07 Å². The summed E-state index contributed by atoms with van der Waals surface area (Å²) in [5.74, 6) is 0.867. The molecule has 4 heteroatoms. The van der Waals surface area contributed by atoms with Gasteiger partial charge in [0.15, 0.2) is 0 Å². The topological polar surface area (TPSA) is 33.3 Å². The van der Waals surface area contributed by atoms with E-state index in [-0.39, 0.29) is 5.54 Å². The van der Waals surface area contributed by atoms with E-state index in [9.17, 15) is 0 Å². The Morgan fingerprint density at radius 2 is 2.00 bits per heavy atom.